The Kier molecular flexibility index (Phi) is 3.52. The molecule has 3 nitrogen and oxygen atoms in total. The second-order valence-electron chi connectivity index (χ2n) is 2.99. The molecule has 1 unspecified atom stereocenters. The Bertz CT molecular complexity index is 327. The van der Waals surface area contributed by atoms with Crippen molar-refractivity contribution < 1.29 is 17.9 Å². The molecule has 0 aliphatic carbocycles. The van der Waals surface area contributed by atoms with E-state index in [-0.39, 0.29) is 12.3 Å². The summed E-state index contributed by atoms with van der Waals surface area (Å²) in [5, 5.41) is 0. The summed E-state index contributed by atoms with van der Waals surface area (Å²) in [6, 6.07) is 1.37. The summed E-state index contributed by atoms with van der Waals surface area (Å²) in [4.78, 5) is 3.74. The highest BCUT2D eigenvalue weighted by molar-refractivity contribution is 5.30. The predicted octanol–water partition coefficient (Wildman–Crippen LogP) is 1.87. The lowest BCUT2D eigenvalue weighted by atomic mass is 10.2. The zero-order valence-electron chi connectivity index (χ0n) is 8.08. The Morgan fingerprint density at radius 1 is 1.53 bits per heavy atom. The van der Waals surface area contributed by atoms with Gasteiger partial charge in [0.05, 0.1) is 0 Å². The van der Waals surface area contributed by atoms with Crippen molar-refractivity contribution in [3.8, 4) is 5.75 Å². The van der Waals surface area contributed by atoms with Crippen LogP contribution in [-0.4, -0.2) is 17.3 Å². The van der Waals surface area contributed by atoms with Crippen LogP contribution in [0.1, 0.15) is 12.5 Å². The van der Waals surface area contributed by atoms with E-state index in [0.29, 0.717) is 5.56 Å². The molecule has 0 saturated carbocycles. The van der Waals surface area contributed by atoms with Gasteiger partial charge < -0.3 is 10.5 Å². The number of nitrogens with two attached hydrogens (primary N) is 1. The van der Waals surface area contributed by atoms with E-state index in [1.807, 2.05) is 0 Å². The SMILES string of the molecule is CC(Oc1ccncc1CN)C(F)(F)F. The van der Waals surface area contributed by atoms with Crippen LogP contribution in [0.2, 0.25) is 0 Å². The highest BCUT2D eigenvalue weighted by Crippen LogP contribution is 2.26. The van der Waals surface area contributed by atoms with Crippen molar-refractivity contribution in [2.24, 2.45) is 5.73 Å². The van der Waals surface area contributed by atoms with Crippen molar-refractivity contribution >= 4 is 0 Å². The minimum Gasteiger partial charge on any atom is -0.481 e. The fourth-order valence-corrected chi connectivity index (χ4v) is 0.940. The molecule has 0 bridgehead atoms. The normalized spacial score (nSPS) is 13.7. The molecule has 15 heavy (non-hydrogen) atoms. The van der Waals surface area contributed by atoms with Crippen molar-refractivity contribution in [1.29, 1.82) is 0 Å². The zero-order chi connectivity index (χ0) is 11.5. The molecule has 1 atom stereocenters. The number of aromatic nitrogens is 1. The van der Waals surface area contributed by atoms with E-state index in [1.54, 1.807) is 0 Å². The van der Waals surface area contributed by atoms with Crippen LogP contribution in [0.4, 0.5) is 13.2 Å². The van der Waals surface area contributed by atoms with Gasteiger partial charge in [0, 0.05) is 24.5 Å². The van der Waals surface area contributed by atoms with Crippen LogP contribution in [0.5, 0.6) is 5.75 Å². The fourth-order valence-electron chi connectivity index (χ4n) is 0.940. The summed E-state index contributed by atoms with van der Waals surface area (Å²) in [6.07, 6.45) is -3.49. The van der Waals surface area contributed by atoms with E-state index in [0.717, 1.165) is 6.92 Å². The molecule has 0 aromatic carbocycles. The minimum atomic E-state index is -4.38. The lowest BCUT2D eigenvalue weighted by molar-refractivity contribution is -0.189. The van der Waals surface area contributed by atoms with E-state index < -0.39 is 12.3 Å². The first kappa shape index (κ1) is 11.8. The predicted molar refractivity (Wildman–Crippen MR) is 48.3 cm³/mol. The number of rotatable bonds is 3. The third-order valence-corrected chi connectivity index (χ3v) is 1.84. The summed E-state index contributed by atoms with van der Waals surface area (Å²) in [5.41, 5.74) is 5.79. The van der Waals surface area contributed by atoms with Gasteiger partial charge in [-0.25, -0.2) is 0 Å². The second-order valence-corrected chi connectivity index (χ2v) is 2.99. The van der Waals surface area contributed by atoms with Crippen molar-refractivity contribution in [3.05, 3.63) is 24.0 Å². The third-order valence-electron chi connectivity index (χ3n) is 1.84. The molecule has 1 aromatic heterocycles. The van der Waals surface area contributed by atoms with E-state index >= 15 is 0 Å². The van der Waals surface area contributed by atoms with Crippen molar-refractivity contribution in [3.63, 3.8) is 0 Å². The second kappa shape index (κ2) is 4.48. The average Bonchev–Trinajstić information content (AvgIpc) is 2.17. The van der Waals surface area contributed by atoms with Gasteiger partial charge in [0.2, 0.25) is 0 Å². The molecule has 0 amide bonds. The molecule has 0 radical (unpaired) electrons. The first-order chi connectivity index (χ1) is 6.95. The summed E-state index contributed by atoms with van der Waals surface area (Å²) < 4.78 is 41.4. The first-order valence-electron chi connectivity index (χ1n) is 4.31. The lowest BCUT2D eigenvalue weighted by Crippen LogP contribution is -2.31. The van der Waals surface area contributed by atoms with Gasteiger partial charge in [0.25, 0.3) is 0 Å². The van der Waals surface area contributed by atoms with Gasteiger partial charge in [-0.3, -0.25) is 4.98 Å². The maximum Gasteiger partial charge on any atom is 0.425 e. The van der Waals surface area contributed by atoms with Gasteiger partial charge in [0.1, 0.15) is 5.75 Å². The summed E-state index contributed by atoms with van der Waals surface area (Å²) in [7, 11) is 0. The number of alkyl halides is 3. The molecule has 1 heterocycles. The van der Waals surface area contributed by atoms with Crippen LogP contribution in [0.3, 0.4) is 0 Å². The quantitative estimate of drug-likeness (QED) is 0.845. The monoisotopic (exact) mass is 220 g/mol. The molecule has 0 aliphatic heterocycles. The Hall–Kier alpha value is -1.30. The first-order valence-corrected chi connectivity index (χ1v) is 4.31. The van der Waals surface area contributed by atoms with Crippen molar-refractivity contribution in [1.82, 2.24) is 4.98 Å². The number of hydrogen-bond donors (Lipinski definition) is 1. The van der Waals surface area contributed by atoms with Gasteiger partial charge in [-0.1, -0.05) is 0 Å². The lowest BCUT2D eigenvalue weighted by Gasteiger charge is -2.18. The molecule has 2 N–H and O–H groups in total. The fraction of sp³-hybridized carbons (Fsp3) is 0.444. The summed E-state index contributed by atoms with van der Waals surface area (Å²) >= 11 is 0. The molecule has 0 fully saturated rings. The van der Waals surface area contributed by atoms with Crippen molar-refractivity contribution in [2.45, 2.75) is 25.7 Å². The van der Waals surface area contributed by atoms with Gasteiger partial charge in [-0.05, 0) is 13.0 Å². The smallest absolute Gasteiger partial charge is 0.425 e. The van der Waals surface area contributed by atoms with E-state index in [9.17, 15) is 13.2 Å². The molecule has 0 spiro atoms. The Labute approximate surface area is 85.1 Å². The van der Waals surface area contributed by atoms with Gasteiger partial charge in [-0.2, -0.15) is 13.2 Å². The van der Waals surface area contributed by atoms with Gasteiger partial charge >= 0.3 is 6.18 Å². The number of pyridine rings is 1. The summed E-state index contributed by atoms with van der Waals surface area (Å²) in [5.74, 6) is 0.123. The Morgan fingerprint density at radius 2 is 2.20 bits per heavy atom. The van der Waals surface area contributed by atoms with Gasteiger partial charge in [-0.15, -0.1) is 0 Å². The molecule has 84 valence electrons. The average molecular weight is 220 g/mol. The number of halogens is 3. The standard InChI is InChI=1S/C9H11F3N2O/c1-6(9(10,11)12)15-8-2-3-14-5-7(8)4-13/h2-3,5-6H,4,13H2,1H3. The minimum absolute atomic E-state index is 0.0910. The van der Waals surface area contributed by atoms with Crippen LogP contribution in [0.15, 0.2) is 18.5 Å². The highest BCUT2D eigenvalue weighted by atomic mass is 19.4. The van der Waals surface area contributed by atoms with Crippen molar-refractivity contribution in [2.75, 3.05) is 0 Å². The molecule has 0 aliphatic rings. The third kappa shape index (κ3) is 3.09. The van der Waals surface area contributed by atoms with E-state index in [1.165, 1.54) is 18.5 Å². The van der Waals surface area contributed by atoms with Crippen LogP contribution in [0, 0.1) is 0 Å². The molecular formula is C9H11F3N2O. The number of nitrogens with zero attached hydrogens (tertiary/aromatic N) is 1. The maximum atomic E-state index is 12.2. The van der Waals surface area contributed by atoms with E-state index in [4.69, 9.17) is 10.5 Å². The van der Waals surface area contributed by atoms with Crippen LogP contribution in [-0.2, 0) is 6.54 Å². The van der Waals surface area contributed by atoms with E-state index in [2.05, 4.69) is 4.98 Å². The highest BCUT2D eigenvalue weighted by Gasteiger charge is 2.38. The van der Waals surface area contributed by atoms with Crippen LogP contribution in [0.25, 0.3) is 0 Å². The largest absolute Gasteiger partial charge is 0.481 e. The maximum absolute atomic E-state index is 12.2. The molecule has 6 heteroatoms. The number of ether oxygens (including phenoxy) is 1. The van der Waals surface area contributed by atoms with Crippen LogP contribution >= 0.6 is 0 Å². The Balaban J connectivity index is 2.80. The molecular weight excluding hydrogens is 209 g/mol. The molecule has 1 rings (SSSR count). The van der Waals surface area contributed by atoms with Gasteiger partial charge in [0.15, 0.2) is 6.10 Å². The van der Waals surface area contributed by atoms with Crippen LogP contribution < -0.4 is 10.5 Å². The topological polar surface area (TPSA) is 48.1 Å². The number of hydrogen-bond acceptors (Lipinski definition) is 3. The zero-order valence-corrected chi connectivity index (χ0v) is 8.08. The molecule has 0 saturated heterocycles. The summed E-state index contributed by atoms with van der Waals surface area (Å²) in [6.45, 7) is 1.04. The molecule has 1 aromatic rings. The Morgan fingerprint density at radius 3 is 2.73 bits per heavy atom.